The summed E-state index contributed by atoms with van der Waals surface area (Å²) in [6.07, 6.45) is 9.44. The smallest absolute Gasteiger partial charge is 0.222 e. The Morgan fingerprint density at radius 1 is 1.22 bits per heavy atom. The van der Waals surface area contributed by atoms with E-state index in [9.17, 15) is 4.79 Å². The minimum absolute atomic E-state index is 0.279. The lowest BCUT2D eigenvalue weighted by Crippen LogP contribution is -2.40. The van der Waals surface area contributed by atoms with E-state index in [1.54, 1.807) is 6.20 Å². The van der Waals surface area contributed by atoms with Crippen LogP contribution in [0.25, 0.3) is 0 Å². The number of aryl methyl sites for hydroxylation is 1. The van der Waals surface area contributed by atoms with E-state index in [0.29, 0.717) is 19.6 Å². The van der Waals surface area contributed by atoms with E-state index in [-0.39, 0.29) is 5.91 Å². The molecule has 0 radical (unpaired) electrons. The summed E-state index contributed by atoms with van der Waals surface area (Å²) >= 11 is 0. The van der Waals surface area contributed by atoms with Crippen molar-refractivity contribution in [2.75, 3.05) is 26.3 Å². The van der Waals surface area contributed by atoms with Gasteiger partial charge in [-0.2, -0.15) is 0 Å². The van der Waals surface area contributed by atoms with Crippen molar-refractivity contribution >= 4 is 5.91 Å². The molecule has 1 fully saturated rings. The second kappa shape index (κ2) is 7.16. The van der Waals surface area contributed by atoms with E-state index in [0.717, 1.165) is 38.9 Å². The van der Waals surface area contributed by atoms with Crippen LogP contribution in [-0.2, 0) is 16.1 Å². The van der Waals surface area contributed by atoms with Crippen LogP contribution in [-0.4, -0.2) is 46.7 Å². The fourth-order valence-electron chi connectivity index (χ4n) is 2.14. The van der Waals surface area contributed by atoms with Gasteiger partial charge in [-0.15, -0.1) is 0 Å². The topological polar surface area (TPSA) is 47.4 Å². The van der Waals surface area contributed by atoms with E-state index in [1.165, 1.54) is 0 Å². The van der Waals surface area contributed by atoms with Crippen LogP contribution in [0.3, 0.4) is 0 Å². The number of morpholine rings is 1. The second-order valence-electron chi connectivity index (χ2n) is 4.60. The monoisotopic (exact) mass is 251 g/mol. The fraction of sp³-hybridized carbons (Fsp3) is 0.692. The first kappa shape index (κ1) is 13.1. The number of unbranched alkanes of at least 4 members (excludes halogenated alkanes) is 2. The maximum absolute atomic E-state index is 11.8. The summed E-state index contributed by atoms with van der Waals surface area (Å²) in [5.41, 5.74) is 0. The van der Waals surface area contributed by atoms with E-state index in [2.05, 4.69) is 9.55 Å². The van der Waals surface area contributed by atoms with Crippen molar-refractivity contribution in [1.82, 2.24) is 14.5 Å². The van der Waals surface area contributed by atoms with Crippen molar-refractivity contribution in [1.29, 1.82) is 0 Å². The number of ether oxygens (including phenoxy) is 1. The molecule has 1 aliphatic rings. The van der Waals surface area contributed by atoms with Crippen LogP contribution in [0, 0.1) is 0 Å². The number of carbonyl (C=O) groups excluding carboxylic acids is 1. The Hall–Kier alpha value is -1.36. The number of aromatic nitrogens is 2. The third-order valence-electron chi connectivity index (χ3n) is 3.23. The van der Waals surface area contributed by atoms with E-state index < -0.39 is 0 Å². The molecule has 100 valence electrons. The molecule has 0 N–H and O–H groups in total. The van der Waals surface area contributed by atoms with Gasteiger partial charge < -0.3 is 14.2 Å². The molecule has 1 saturated heterocycles. The molecule has 1 aromatic rings. The van der Waals surface area contributed by atoms with Crippen molar-refractivity contribution in [2.45, 2.75) is 32.2 Å². The number of amides is 1. The Morgan fingerprint density at radius 2 is 2.06 bits per heavy atom. The quantitative estimate of drug-likeness (QED) is 0.716. The molecule has 0 aromatic carbocycles. The van der Waals surface area contributed by atoms with E-state index >= 15 is 0 Å². The molecule has 0 unspecified atom stereocenters. The second-order valence-corrected chi connectivity index (χ2v) is 4.60. The van der Waals surface area contributed by atoms with Crippen molar-refractivity contribution < 1.29 is 9.53 Å². The van der Waals surface area contributed by atoms with Gasteiger partial charge in [0.15, 0.2) is 0 Å². The third-order valence-corrected chi connectivity index (χ3v) is 3.23. The lowest BCUT2D eigenvalue weighted by molar-refractivity contribution is -0.135. The predicted octanol–water partition coefficient (Wildman–Crippen LogP) is 1.30. The van der Waals surface area contributed by atoms with Crippen molar-refractivity contribution in [3.8, 4) is 0 Å². The van der Waals surface area contributed by atoms with E-state index in [4.69, 9.17) is 4.74 Å². The van der Waals surface area contributed by atoms with Gasteiger partial charge in [-0.1, -0.05) is 6.42 Å². The number of rotatable bonds is 6. The van der Waals surface area contributed by atoms with Gasteiger partial charge in [0.2, 0.25) is 5.91 Å². The Labute approximate surface area is 108 Å². The summed E-state index contributed by atoms with van der Waals surface area (Å²) in [4.78, 5) is 17.8. The minimum Gasteiger partial charge on any atom is -0.378 e. The number of imidazole rings is 1. The van der Waals surface area contributed by atoms with Gasteiger partial charge in [-0.25, -0.2) is 4.98 Å². The highest BCUT2D eigenvalue weighted by molar-refractivity contribution is 5.76. The Bertz CT molecular complexity index is 345. The average Bonchev–Trinajstić information content (AvgIpc) is 2.92. The lowest BCUT2D eigenvalue weighted by atomic mass is 10.1. The van der Waals surface area contributed by atoms with Crippen molar-refractivity contribution in [3.05, 3.63) is 18.7 Å². The van der Waals surface area contributed by atoms with Crippen LogP contribution in [0.2, 0.25) is 0 Å². The Morgan fingerprint density at radius 3 is 2.78 bits per heavy atom. The molecule has 1 aromatic heterocycles. The fourth-order valence-corrected chi connectivity index (χ4v) is 2.14. The maximum Gasteiger partial charge on any atom is 0.222 e. The number of carbonyl (C=O) groups is 1. The van der Waals surface area contributed by atoms with E-state index in [1.807, 2.05) is 17.4 Å². The first-order chi connectivity index (χ1) is 8.86. The largest absolute Gasteiger partial charge is 0.378 e. The summed E-state index contributed by atoms with van der Waals surface area (Å²) in [5.74, 6) is 0.279. The first-order valence-electron chi connectivity index (χ1n) is 6.67. The number of hydrogen-bond donors (Lipinski definition) is 0. The summed E-state index contributed by atoms with van der Waals surface area (Å²) in [6, 6.07) is 0. The molecular weight excluding hydrogens is 230 g/mol. The van der Waals surface area contributed by atoms with Crippen molar-refractivity contribution in [2.24, 2.45) is 0 Å². The molecule has 1 amide bonds. The first-order valence-corrected chi connectivity index (χ1v) is 6.67. The van der Waals surface area contributed by atoms with Gasteiger partial charge in [0.1, 0.15) is 0 Å². The molecule has 5 heteroatoms. The van der Waals surface area contributed by atoms with Crippen LogP contribution < -0.4 is 0 Å². The lowest BCUT2D eigenvalue weighted by Gasteiger charge is -2.26. The molecule has 0 atom stereocenters. The van der Waals surface area contributed by atoms with Crippen molar-refractivity contribution in [3.63, 3.8) is 0 Å². The molecule has 2 rings (SSSR count). The highest BCUT2D eigenvalue weighted by atomic mass is 16.5. The molecule has 1 aliphatic heterocycles. The Balaban J connectivity index is 1.53. The predicted molar refractivity (Wildman–Crippen MR) is 68.1 cm³/mol. The van der Waals surface area contributed by atoms with Crippen LogP contribution in [0.15, 0.2) is 18.7 Å². The molecule has 0 spiro atoms. The Kier molecular flexibility index (Phi) is 5.20. The van der Waals surface area contributed by atoms with Crippen LogP contribution >= 0.6 is 0 Å². The van der Waals surface area contributed by atoms with Gasteiger partial charge in [-0.3, -0.25) is 4.79 Å². The van der Waals surface area contributed by atoms with Gasteiger partial charge in [0.25, 0.3) is 0 Å². The number of hydrogen-bond acceptors (Lipinski definition) is 3. The summed E-state index contributed by atoms with van der Waals surface area (Å²) in [7, 11) is 0. The molecule has 2 heterocycles. The summed E-state index contributed by atoms with van der Waals surface area (Å²) in [6.45, 7) is 3.88. The van der Waals surface area contributed by atoms with Crippen LogP contribution in [0.1, 0.15) is 25.7 Å². The zero-order chi connectivity index (χ0) is 12.6. The maximum atomic E-state index is 11.8. The standard InChI is InChI=1S/C13H21N3O2/c17-13(16-8-10-18-11-9-16)4-2-1-3-6-15-7-5-14-12-15/h5,7,12H,1-4,6,8-11H2. The normalized spacial score (nSPS) is 15.9. The zero-order valence-corrected chi connectivity index (χ0v) is 10.8. The minimum atomic E-state index is 0.279. The SMILES string of the molecule is O=C(CCCCCn1ccnc1)N1CCOCC1. The summed E-state index contributed by atoms with van der Waals surface area (Å²) < 4.78 is 7.30. The summed E-state index contributed by atoms with van der Waals surface area (Å²) in [5, 5.41) is 0. The van der Waals surface area contributed by atoms with Crippen LogP contribution in [0.5, 0.6) is 0 Å². The molecule has 18 heavy (non-hydrogen) atoms. The third kappa shape index (κ3) is 4.14. The molecular formula is C13H21N3O2. The van der Waals surface area contributed by atoms with Crippen LogP contribution in [0.4, 0.5) is 0 Å². The van der Waals surface area contributed by atoms with Gasteiger partial charge in [-0.05, 0) is 12.8 Å². The number of nitrogens with zero attached hydrogens (tertiary/aromatic N) is 3. The highest BCUT2D eigenvalue weighted by Gasteiger charge is 2.15. The van der Waals surface area contributed by atoms with Gasteiger partial charge in [0.05, 0.1) is 19.5 Å². The van der Waals surface area contributed by atoms with Gasteiger partial charge in [0, 0.05) is 38.4 Å². The van der Waals surface area contributed by atoms with Gasteiger partial charge >= 0.3 is 0 Å². The highest BCUT2D eigenvalue weighted by Crippen LogP contribution is 2.06. The molecule has 5 nitrogen and oxygen atoms in total. The molecule has 0 saturated carbocycles. The molecule has 0 bridgehead atoms. The average molecular weight is 251 g/mol. The molecule has 0 aliphatic carbocycles. The zero-order valence-electron chi connectivity index (χ0n) is 10.8.